The van der Waals surface area contributed by atoms with Crippen molar-refractivity contribution < 1.29 is 26.3 Å². The van der Waals surface area contributed by atoms with Gasteiger partial charge in [-0.3, -0.25) is 0 Å². The topological polar surface area (TPSA) is 0 Å². The van der Waals surface area contributed by atoms with E-state index in [1.165, 1.54) is 12.0 Å². The van der Waals surface area contributed by atoms with Gasteiger partial charge in [-0.25, -0.2) is 13.2 Å². The predicted octanol–water partition coefficient (Wildman–Crippen LogP) is 5.76. The van der Waals surface area contributed by atoms with Gasteiger partial charge in [0.15, 0.2) is 0 Å². The molecule has 0 radical (unpaired) electrons. The molecule has 6 heteroatoms. The summed E-state index contributed by atoms with van der Waals surface area (Å²) in [7, 11) is 0. The molecule has 0 aliphatic carbocycles. The molecule has 0 heterocycles. The summed E-state index contributed by atoms with van der Waals surface area (Å²) in [6, 6.07) is 6.73. The maximum Gasteiger partial charge on any atom is 0.458 e. The molecule has 0 nitrogen and oxygen atoms in total. The molecule has 138 valence electrons. The van der Waals surface area contributed by atoms with E-state index < -0.39 is 23.4 Å². The Balaban J connectivity index is 2.15. The van der Waals surface area contributed by atoms with Crippen LogP contribution in [0.1, 0.15) is 35.6 Å². The average molecular weight is 370 g/mol. The second-order valence-corrected chi connectivity index (χ2v) is 5.86. The molecule has 0 unspecified atom stereocenters. The summed E-state index contributed by atoms with van der Waals surface area (Å²) in [4.78, 5) is 0. The molecular weight excluding hydrogens is 354 g/mol. The van der Waals surface area contributed by atoms with Gasteiger partial charge in [0.1, 0.15) is 17.5 Å². The summed E-state index contributed by atoms with van der Waals surface area (Å²) >= 11 is 0. The van der Waals surface area contributed by atoms with E-state index in [0.717, 1.165) is 36.5 Å². The molecule has 2 rings (SSSR count). The molecule has 0 atom stereocenters. The van der Waals surface area contributed by atoms with Gasteiger partial charge in [0.25, 0.3) is 0 Å². The number of rotatable bonds is 5. The quantitative estimate of drug-likeness (QED) is 0.464. The van der Waals surface area contributed by atoms with Gasteiger partial charge in [-0.1, -0.05) is 31.4 Å². The third kappa shape index (κ3) is 5.55. The number of aryl methyl sites for hydroxylation is 3. The van der Waals surface area contributed by atoms with Gasteiger partial charge in [-0.05, 0) is 54.2 Å². The Labute approximate surface area is 147 Å². The van der Waals surface area contributed by atoms with E-state index >= 15 is 0 Å². The lowest BCUT2D eigenvalue weighted by atomic mass is 10.00. The van der Waals surface area contributed by atoms with Gasteiger partial charge in [0.05, 0.1) is 5.56 Å². The van der Waals surface area contributed by atoms with E-state index in [1.807, 2.05) is 6.92 Å². The molecule has 26 heavy (non-hydrogen) atoms. The molecule has 0 aromatic heterocycles. The lowest BCUT2D eigenvalue weighted by Crippen LogP contribution is -2.03. The molecule has 0 N–H and O–H groups in total. The molecule has 0 bridgehead atoms. The van der Waals surface area contributed by atoms with E-state index in [4.69, 9.17) is 0 Å². The summed E-state index contributed by atoms with van der Waals surface area (Å²) in [6.45, 7) is 1.98. The average Bonchev–Trinajstić information content (AvgIpc) is 2.52. The van der Waals surface area contributed by atoms with E-state index in [2.05, 4.69) is 0 Å². The number of halogens is 6. The third-order valence-corrected chi connectivity index (χ3v) is 3.77. The monoisotopic (exact) mass is 370 g/mol. The highest BCUT2D eigenvalue weighted by Crippen LogP contribution is 2.19. The van der Waals surface area contributed by atoms with Gasteiger partial charge in [-0.15, -0.1) is 0 Å². The van der Waals surface area contributed by atoms with E-state index in [9.17, 15) is 26.3 Å². The van der Waals surface area contributed by atoms with Crippen LogP contribution in [0.3, 0.4) is 0 Å². The normalized spacial score (nSPS) is 11.2. The standard InChI is InChI=1S/C20H16F6/c1-2-3-13-4-6-15(17(21)10-13)7-5-14-11-18(22)16(19(23)12-14)8-9-20(24,25)26/h4,6,10-12H,2-3,5,7H2,1H3. The minimum Gasteiger partial charge on any atom is -0.207 e. The smallest absolute Gasteiger partial charge is 0.207 e. The van der Waals surface area contributed by atoms with E-state index in [0.29, 0.717) is 5.56 Å². The molecule has 2 aromatic rings. The van der Waals surface area contributed by atoms with Crippen LogP contribution in [0.4, 0.5) is 26.3 Å². The fourth-order valence-electron chi connectivity index (χ4n) is 2.54. The van der Waals surface area contributed by atoms with Crippen molar-refractivity contribution in [2.24, 2.45) is 0 Å². The van der Waals surface area contributed by atoms with Crippen molar-refractivity contribution in [2.75, 3.05) is 0 Å². The minimum absolute atomic E-state index is 0.144. The fraction of sp³-hybridized carbons (Fsp3) is 0.300. The van der Waals surface area contributed by atoms with Crippen LogP contribution in [0.25, 0.3) is 0 Å². The molecule has 0 amide bonds. The zero-order valence-electron chi connectivity index (χ0n) is 14.0. The number of alkyl halides is 3. The first kappa shape index (κ1) is 19.9. The summed E-state index contributed by atoms with van der Waals surface area (Å²) < 4.78 is 77.9. The van der Waals surface area contributed by atoms with Crippen molar-refractivity contribution in [1.29, 1.82) is 0 Å². The van der Waals surface area contributed by atoms with Crippen molar-refractivity contribution in [1.82, 2.24) is 0 Å². The van der Waals surface area contributed by atoms with Gasteiger partial charge < -0.3 is 0 Å². The maximum absolute atomic E-state index is 14.0. The first-order valence-electron chi connectivity index (χ1n) is 8.04. The lowest BCUT2D eigenvalue weighted by molar-refractivity contribution is -0.0696. The Bertz CT molecular complexity index is 817. The summed E-state index contributed by atoms with van der Waals surface area (Å²) in [5, 5.41) is 0. The largest absolute Gasteiger partial charge is 0.458 e. The predicted molar refractivity (Wildman–Crippen MR) is 87.1 cm³/mol. The minimum atomic E-state index is -4.83. The molecule has 0 fully saturated rings. The van der Waals surface area contributed by atoms with Gasteiger partial charge in [0, 0.05) is 5.92 Å². The molecule has 0 aliphatic heterocycles. The number of benzene rings is 2. The van der Waals surface area contributed by atoms with Crippen LogP contribution in [0.15, 0.2) is 30.3 Å². The third-order valence-electron chi connectivity index (χ3n) is 3.77. The maximum atomic E-state index is 14.0. The van der Waals surface area contributed by atoms with Gasteiger partial charge in [0.2, 0.25) is 0 Å². The number of hydrogen-bond acceptors (Lipinski definition) is 0. The highest BCUT2D eigenvalue weighted by molar-refractivity contribution is 5.40. The van der Waals surface area contributed by atoms with Crippen molar-refractivity contribution in [3.8, 4) is 11.8 Å². The Kier molecular flexibility index (Phi) is 6.36. The van der Waals surface area contributed by atoms with Crippen molar-refractivity contribution in [2.45, 2.75) is 38.8 Å². The Morgan fingerprint density at radius 1 is 0.808 bits per heavy atom. The summed E-state index contributed by atoms with van der Waals surface area (Å²) in [5.74, 6) is -0.421. The van der Waals surface area contributed by atoms with Crippen molar-refractivity contribution in [3.05, 3.63) is 70.0 Å². The SMILES string of the molecule is CCCc1ccc(CCc2cc(F)c(C#CC(F)(F)F)c(F)c2)c(F)c1. The Morgan fingerprint density at radius 2 is 1.42 bits per heavy atom. The van der Waals surface area contributed by atoms with Gasteiger partial charge in [-0.2, -0.15) is 13.2 Å². The van der Waals surface area contributed by atoms with Crippen LogP contribution in [-0.2, 0) is 19.3 Å². The van der Waals surface area contributed by atoms with Crippen LogP contribution in [0, 0.1) is 29.3 Å². The first-order valence-corrected chi connectivity index (χ1v) is 8.04. The molecule has 0 aliphatic rings. The second kappa shape index (κ2) is 8.31. The van der Waals surface area contributed by atoms with Crippen LogP contribution in [0.5, 0.6) is 0 Å². The highest BCUT2D eigenvalue weighted by atomic mass is 19.4. The molecular formula is C20H16F6. The van der Waals surface area contributed by atoms with Gasteiger partial charge >= 0.3 is 6.18 Å². The fourth-order valence-corrected chi connectivity index (χ4v) is 2.54. The zero-order chi connectivity index (χ0) is 19.3. The summed E-state index contributed by atoms with van der Waals surface area (Å²) in [6.07, 6.45) is -2.83. The number of hydrogen-bond donors (Lipinski definition) is 0. The molecule has 2 aromatic carbocycles. The second-order valence-electron chi connectivity index (χ2n) is 5.86. The first-order chi connectivity index (χ1) is 12.2. The summed E-state index contributed by atoms with van der Waals surface area (Å²) in [5.41, 5.74) is 0.570. The van der Waals surface area contributed by atoms with Crippen molar-refractivity contribution in [3.63, 3.8) is 0 Å². The molecule has 0 saturated carbocycles. The molecule has 0 spiro atoms. The lowest BCUT2D eigenvalue weighted by Gasteiger charge is -2.07. The molecule has 0 saturated heterocycles. The Morgan fingerprint density at radius 3 is 1.96 bits per heavy atom. The van der Waals surface area contributed by atoms with E-state index in [1.54, 1.807) is 12.1 Å². The van der Waals surface area contributed by atoms with Crippen molar-refractivity contribution >= 4 is 0 Å². The van der Waals surface area contributed by atoms with Crippen LogP contribution >= 0.6 is 0 Å². The zero-order valence-corrected chi connectivity index (χ0v) is 14.0. The van der Waals surface area contributed by atoms with Crippen LogP contribution in [-0.4, -0.2) is 6.18 Å². The van der Waals surface area contributed by atoms with Crippen LogP contribution < -0.4 is 0 Å². The Hall–Kier alpha value is -2.42. The van der Waals surface area contributed by atoms with Crippen LogP contribution in [0.2, 0.25) is 0 Å². The van der Waals surface area contributed by atoms with E-state index in [-0.39, 0.29) is 24.2 Å². The highest BCUT2D eigenvalue weighted by Gasteiger charge is 2.23.